The number of pyridine rings is 1. The minimum Gasteiger partial charge on any atom is -0.339 e. The Morgan fingerprint density at radius 1 is 1.07 bits per heavy atom. The van der Waals surface area contributed by atoms with Crippen LogP contribution in [0.2, 0.25) is 0 Å². The minimum absolute atomic E-state index is 0.0426. The maximum absolute atomic E-state index is 12.3. The van der Waals surface area contributed by atoms with Crippen molar-refractivity contribution in [3.63, 3.8) is 0 Å². The number of aryl methyl sites for hydroxylation is 1. The number of nitrogens with zero attached hydrogens (tertiary/aromatic N) is 5. The van der Waals surface area contributed by atoms with Crippen LogP contribution in [0.1, 0.15) is 19.8 Å². The molecule has 1 fully saturated rings. The molecule has 27 heavy (non-hydrogen) atoms. The highest BCUT2D eigenvalue weighted by Crippen LogP contribution is 2.13. The Hall–Kier alpha value is -3.03. The summed E-state index contributed by atoms with van der Waals surface area (Å²) in [6, 6.07) is 6.86. The lowest BCUT2D eigenvalue weighted by molar-refractivity contribution is -0.138. The Bertz CT molecular complexity index is 857. The van der Waals surface area contributed by atoms with E-state index in [1.54, 1.807) is 35.2 Å². The van der Waals surface area contributed by atoms with E-state index >= 15 is 0 Å². The molecular formula is C19H23N5O3. The highest BCUT2D eigenvalue weighted by Gasteiger charge is 2.21. The van der Waals surface area contributed by atoms with E-state index in [4.69, 9.17) is 0 Å². The Balaban J connectivity index is 1.54. The van der Waals surface area contributed by atoms with Crippen LogP contribution in [0.4, 0.5) is 0 Å². The summed E-state index contributed by atoms with van der Waals surface area (Å²) in [6.45, 7) is 4.21. The van der Waals surface area contributed by atoms with Crippen molar-refractivity contribution < 1.29 is 9.59 Å². The maximum atomic E-state index is 12.3. The van der Waals surface area contributed by atoms with Gasteiger partial charge in [-0.05, 0) is 24.6 Å². The fourth-order valence-corrected chi connectivity index (χ4v) is 3.09. The molecule has 0 N–H and O–H groups in total. The summed E-state index contributed by atoms with van der Waals surface area (Å²) >= 11 is 0. The molecular weight excluding hydrogens is 346 g/mol. The Labute approximate surface area is 157 Å². The molecule has 3 rings (SSSR count). The molecule has 0 spiro atoms. The first kappa shape index (κ1) is 18.8. The summed E-state index contributed by atoms with van der Waals surface area (Å²) in [4.78, 5) is 43.3. The van der Waals surface area contributed by atoms with E-state index < -0.39 is 0 Å². The fraction of sp³-hybridized carbons (Fsp3) is 0.421. The molecule has 1 aliphatic rings. The van der Waals surface area contributed by atoms with E-state index in [1.165, 1.54) is 10.7 Å². The van der Waals surface area contributed by atoms with E-state index in [2.05, 4.69) is 10.1 Å². The number of hydrogen-bond donors (Lipinski definition) is 0. The smallest absolute Gasteiger partial charge is 0.266 e. The molecule has 8 nitrogen and oxygen atoms in total. The molecule has 0 atom stereocenters. The summed E-state index contributed by atoms with van der Waals surface area (Å²) in [5.74, 6) is 0.0933. The zero-order valence-corrected chi connectivity index (χ0v) is 15.4. The number of rotatable bonds is 5. The fourth-order valence-electron chi connectivity index (χ4n) is 3.09. The van der Waals surface area contributed by atoms with Gasteiger partial charge in [-0.15, -0.1) is 0 Å². The highest BCUT2D eigenvalue weighted by molar-refractivity contribution is 5.77. The number of hydrogen-bond acceptors (Lipinski definition) is 5. The SMILES string of the molecule is CC(=O)N1CCN(C(=O)CCCn2nc(-c3cccnc3)ccc2=O)CC1. The van der Waals surface area contributed by atoms with E-state index in [-0.39, 0.29) is 17.4 Å². The first-order valence-electron chi connectivity index (χ1n) is 9.06. The standard InChI is InChI=1S/C19H23N5O3/c1-15(25)22-10-12-23(13-11-22)18(26)5-3-9-24-19(27)7-6-17(21-24)16-4-2-8-20-14-16/h2,4,6-8,14H,3,5,9-13H2,1H3. The molecule has 0 radical (unpaired) electrons. The minimum atomic E-state index is -0.190. The van der Waals surface area contributed by atoms with Crippen molar-refractivity contribution in [2.24, 2.45) is 0 Å². The molecule has 0 saturated carbocycles. The molecule has 2 aromatic rings. The summed E-state index contributed by atoms with van der Waals surface area (Å²) in [6.07, 6.45) is 4.27. The van der Waals surface area contributed by atoms with Crippen LogP contribution in [-0.2, 0) is 16.1 Å². The average Bonchev–Trinajstić information content (AvgIpc) is 2.70. The van der Waals surface area contributed by atoms with Crippen molar-refractivity contribution in [1.29, 1.82) is 0 Å². The second-order valence-electron chi connectivity index (χ2n) is 6.51. The van der Waals surface area contributed by atoms with Crippen LogP contribution in [0, 0.1) is 0 Å². The van der Waals surface area contributed by atoms with Gasteiger partial charge in [0.15, 0.2) is 0 Å². The second kappa shape index (κ2) is 8.57. The van der Waals surface area contributed by atoms with Gasteiger partial charge in [-0.25, -0.2) is 4.68 Å². The number of carbonyl (C=O) groups is 2. The lowest BCUT2D eigenvalue weighted by atomic mass is 10.2. The number of piperazine rings is 1. The van der Waals surface area contributed by atoms with Crippen molar-refractivity contribution in [2.75, 3.05) is 26.2 Å². The predicted molar refractivity (Wildman–Crippen MR) is 99.8 cm³/mol. The molecule has 2 aromatic heterocycles. The quantitative estimate of drug-likeness (QED) is 0.777. The largest absolute Gasteiger partial charge is 0.339 e. The van der Waals surface area contributed by atoms with Gasteiger partial charge >= 0.3 is 0 Å². The molecule has 2 amide bonds. The van der Waals surface area contributed by atoms with Crippen LogP contribution in [0.15, 0.2) is 41.5 Å². The second-order valence-corrected chi connectivity index (χ2v) is 6.51. The topological polar surface area (TPSA) is 88.4 Å². The normalized spacial score (nSPS) is 14.3. The van der Waals surface area contributed by atoms with Crippen LogP contribution in [0.25, 0.3) is 11.3 Å². The van der Waals surface area contributed by atoms with E-state index in [1.807, 2.05) is 12.1 Å². The zero-order chi connectivity index (χ0) is 19.2. The summed E-state index contributed by atoms with van der Waals surface area (Å²) in [5, 5.41) is 4.38. The zero-order valence-electron chi connectivity index (χ0n) is 15.4. The molecule has 142 valence electrons. The monoisotopic (exact) mass is 369 g/mol. The van der Waals surface area contributed by atoms with Crippen molar-refractivity contribution in [3.8, 4) is 11.3 Å². The van der Waals surface area contributed by atoms with Crippen LogP contribution in [-0.4, -0.2) is 62.6 Å². The van der Waals surface area contributed by atoms with E-state index in [9.17, 15) is 14.4 Å². The first-order valence-corrected chi connectivity index (χ1v) is 9.06. The molecule has 3 heterocycles. The van der Waals surface area contributed by atoms with Crippen molar-refractivity contribution in [2.45, 2.75) is 26.3 Å². The Morgan fingerprint density at radius 2 is 1.81 bits per heavy atom. The third kappa shape index (κ3) is 4.78. The van der Waals surface area contributed by atoms with Gasteiger partial charge in [-0.1, -0.05) is 0 Å². The first-order chi connectivity index (χ1) is 13.0. The number of aromatic nitrogens is 3. The summed E-state index contributed by atoms with van der Waals surface area (Å²) in [7, 11) is 0. The van der Waals surface area contributed by atoms with Gasteiger partial charge in [0.05, 0.1) is 5.69 Å². The lowest BCUT2D eigenvalue weighted by Gasteiger charge is -2.34. The van der Waals surface area contributed by atoms with Gasteiger partial charge in [0.2, 0.25) is 11.8 Å². The van der Waals surface area contributed by atoms with Crippen LogP contribution in [0.5, 0.6) is 0 Å². The van der Waals surface area contributed by atoms with Crippen LogP contribution in [0.3, 0.4) is 0 Å². The van der Waals surface area contributed by atoms with Crippen molar-refractivity contribution in [1.82, 2.24) is 24.6 Å². The van der Waals surface area contributed by atoms with Crippen molar-refractivity contribution in [3.05, 3.63) is 47.0 Å². The third-order valence-electron chi connectivity index (χ3n) is 4.66. The van der Waals surface area contributed by atoms with Crippen LogP contribution < -0.4 is 5.56 Å². The van der Waals surface area contributed by atoms with E-state index in [0.717, 1.165) is 5.56 Å². The van der Waals surface area contributed by atoms with Gasteiger partial charge in [0.25, 0.3) is 5.56 Å². The average molecular weight is 369 g/mol. The summed E-state index contributed by atoms with van der Waals surface area (Å²) in [5.41, 5.74) is 1.32. The van der Waals surface area contributed by atoms with E-state index in [0.29, 0.717) is 51.3 Å². The lowest BCUT2D eigenvalue weighted by Crippen LogP contribution is -2.50. The Morgan fingerprint density at radius 3 is 2.48 bits per heavy atom. The number of amides is 2. The van der Waals surface area contributed by atoms with Gasteiger partial charge in [-0.2, -0.15) is 5.10 Å². The molecule has 1 saturated heterocycles. The predicted octanol–water partition coefficient (Wildman–Crippen LogP) is 0.776. The van der Waals surface area contributed by atoms with Gasteiger partial charge in [0.1, 0.15) is 0 Å². The maximum Gasteiger partial charge on any atom is 0.266 e. The summed E-state index contributed by atoms with van der Waals surface area (Å²) < 4.78 is 1.39. The highest BCUT2D eigenvalue weighted by atomic mass is 16.2. The molecule has 8 heteroatoms. The third-order valence-corrected chi connectivity index (χ3v) is 4.66. The molecule has 0 aromatic carbocycles. The molecule has 0 aliphatic carbocycles. The van der Waals surface area contributed by atoms with Gasteiger partial charge in [-0.3, -0.25) is 19.4 Å². The van der Waals surface area contributed by atoms with Crippen molar-refractivity contribution >= 4 is 11.8 Å². The number of carbonyl (C=O) groups excluding carboxylic acids is 2. The molecule has 0 bridgehead atoms. The van der Waals surface area contributed by atoms with Gasteiger partial charge < -0.3 is 9.80 Å². The molecule has 1 aliphatic heterocycles. The van der Waals surface area contributed by atoms with Crippen LogP contribution >= 0.6 is 0 Å². The Kier molecular flexibility index (Phi) is 5.95. The molecule has 0 unspecified atom stereocenters. The van der Waals surface area contributed by atoms with Gasteiger partial charge in [0, 0.05) is 70.1 Å².